The van der Waals surface area contributed by atoms with E-state index < -0.39 is 12.1 Å². The summed E-state index contributed by atoms with van der Waals surface area (Å²) in [5, 5.41) is 7.13. The third kappa shape index (κ3) is 6.58. The van der Waals surface area contributed by atoms with Crippen LogP contribution in [0.1, 0.15) is 5.82 Å². The van der Waals surface area contributed by atoms with Gasteiger partial charge in [-0.2, -0.15) is 12.6 Å². The lowest BCUT2D eigenvalue weighted by molar-refractivity contribution is 0.126. The molecule has 3 rings (SSSR count). The molecule has 29 heavy (non-hydrogen) atoms. The smallest absolute Gasteiger partial charge is 0.279 e. The zero-order valence-electron chi connectivity index (χ0n) is 16.1. The Kier molecular flexibility index (Phi) is 9.16. The van der Waals surface area contributed by atoms with Crippen LogP contribution >= 0.6 is 12.6 Å². The van der Waals surface area contributed by atoms with Gasteiger partial charge in [0.2, 0.25) is 0 Å². The molecule has 0 aromatic carbocycles. The van der Waals surface area contributed by atoms with Crippen molar-refractivity contribution in [2.24, 2.45) is 11.7 Å². The number of halogens is 2. The number of H-pyrrole nitrogens is 1. The molecule has 1 aliphatic heterocycles. The van der Waals surface area contributed by atoms with Crippen molar-refractivity contribution in [3.63, 3.8) is 0 Å². The maximum absolute atomic E-state index is 12.4. The third-order valence-corrected chi connectivity index (χ3v) is 4.17. The summed E-state index contributed by atoms with van der Waals surface area (Å²) >= 11 is 3.53. The highest BCUT2D eigenvalue weighted by Crippen LogP contribution is 2.21. The number of allylic oxidation sites excluding steroid dienone is 1. The standard InChI is InChI=1S/C17H21F2N7O.CH4S/c18-17(19)12(21)1-2-15-22-7-14(25-15)13-5-16(24-10-23-13)26-3-4-27-9-11(6-20)8-26;1-2/h1-2,5,7,10-11,17,21H,3-4,6,8-9,20H2,(H,22,25);2H,1H3/b2-1-,21-12?;. The molecule has 1 unspecified atom stereocenters. The minimum Gasteiger partial charge on any atom is -0.379 e. The molecule has 0 spiro atoms. The molecule has 1 aliphatic rings. The van der Waals surface area contributed by atoms with Crippen LogP contribution in [-0.2, 0) is 4.74 Å². The van der Waals surface area contributed by atoms with Crippen molar-refractivity contribution in [3.8, 4) is 11.4 Å². The zero-order chi connectivity index (χ0) is 21.2. The number of nitrogens with one attached hydrogen (secondary N) is 2. The lowest BCUT2D eigenvalue weighted by Gasteiger charge is -2.23. The molecule has 0 aliphatic carbocycles. The number of nitrogens with two attached hydrogens (primary N) is 1. The number of hydrogen-bond donors (Lipinski definition) is 4. The molecule has 3 heterocycles. The van der Waals surface area contributed by atoms with Gasteiger partial charge in [0, 0.05) is 25.1 Å². The Morgan fingerprint density at radius 3 is 2.97 bits per heavy atom. The first-order valence-corrected chi connectivity index (χ1v) is 9.86. The number of aromatic amines is 1. The molecular formula is C18H25F2N7OS. The van der Waals surface area contributed by atoms with Crippen molar-refractivity contribution < 1.29 is 13.5 Å². The van der Waals surface area contributed by atoms with Gasteiger partial charge in [0.05, 0.1) is 36.5 Å². The highest BCUT2D eigenvalue weighted by Gasteiger charge is 2.19. The van der Waals surface area contributed by atoms with Crippen molar-refractivity contribution >= 4 is 30.2 Å². The molecule has 0 amide bonds. The van der Waals surface area contributed by atoms with Gasteiger partial charge in [-0.1, -0.05) is 0 Å². The van der Waals surface area contributed by atoms with Crippen LogP contribution in [0.15, 0.2) is 24.7 Å². The minimum atomic E-state index is -2.81. The van der Waals surface area contributed by atoms with Crippen molar-refractivity contribution in [1.82, 2.24) is 19.9 Å². The van der Waals surface area contributed by atoms with Crippen LogP contribution in [0, 0.1) is 11.3 Å². The van der Waals surface area contributed by atoms with E-state index in [1.807, 2.05) is 6.07 Å². The Balaban J connectivity index is 0.00000145. The lowest BCUT2D eigenvalue weighted by atomic mass is 10.1. The summed E-state index contributed by atoms with van der Waals surface area (Å²) in [4.78, 5) is 17.8. The van der Waals surface area contributed by atoms with Gasteiger partial charge in [0.15, 0.2) is 0 Å². The Morgan fingerprint density at radius 2 is 2.24 bits per heavy atom. The van der Waals surface area contributed by atoms with Gasteiger partial charge >= 0.3 is 0 Å². The summed E-state index contributed by atoms with van der Waals surface area (Å²) in [5.41, 5.74) is 6.27. The molecule has 8 nitrogen and oxygen atoms in total. The van der Waals surface area contributed by atoms with Gasteiger partial charge in [-0.25, -0.2) is 23.7 Å². The first-order valence-electron chi connectivity index (χ1n) is 8.96. The topological polar surface area (TPSA) is 117 Å². The Bertz CT molecular complexity index is 815. The van der Waals surface area contributed by atoms with Crippen molar-refractivity contribution in [3.05, 3.63) is 30.5 Å². The molecule has 2 aromatic rings. The van der Waals surface area contributed by atoms with Crippen LogP contribution in [0.3, 0.4) is 0 Å². The molecule has 158 valence electrons. The molecule has 1 fully saturated rings. The Morgan fingerprint density at radius 1 is 1.45 bits per heavy atom. The second-order valence-corrected chi connectivity index (χ2v) is 6.16. The summed E-state index contributed by atoms with van der Waals surface area (Å²) in [5.74, 6) is 1.36. The maximum Gasteiger partial charge on any atom is 0.279 e. The van der Waals surface area contributed by atoms with E-state index in [0.29, 0.717) is 43.5 Å². The minimum absolute atomic E-state index is 0.236. The number of imidazole rings is 1. The van der Waals surface area contributed by atoms with Crippen LogP contribution in [0.5, 0.6) is 0 Å². The van der Waals surface area contributed by atoms with E-state index in [0.717, 1.165) is 18.4 Å². The highest BCUT2D eigenvalue weighted by atomic mass is 32.1. The van der Waals surface area contributed by atoms with Crippen molar-refractivity contribution in [2.75, 3.05) is 44.0 Å². The predicted molar refractivity (Wildman–Crippen MR) is 113 cm³/mol. The fourth-order valence-electron chi connectivity index (χ4n) is 2.69. The average Bonchev–Trinajstić information content (AvgIpc) is 3.10. The van der Waals surface area contributed by atoms with E-state index in [9.17, 15) is 8.78 Å². The number of hydrogen-bond acceptors (Lipinski definition) is 8. The van der Waals surface area contributed by atoms with E-state index in [4.69, 9.17) is 15.9 Å². The number of rotatable bonds is 6. The summed E-state index contributed by atoms with van der Waals surface area (Å²) < 4.78 is 30.3. The summed E-state index contributed by atoms with van der Waals surface area (Å²) in [6.45, 7) is 3.23. The molecule has 0 bridgehead atoms. The largest absolute Gasteiger partial charge is 0.379 e. The number of nitrogens with zero attached hydrogens (tertiary/aromatic N) is 4. The normalized spacial score (nSPS) is 17.2. The average molecular weight is 426 g/mol. The Labute approximate surface area is 173 Å². The van der Waals surface area contributed by atoms with Gasteiger partial charge in [-0.3, -0.25) is 5.41 Å². The molecule has 4 N–H and O–H groups in total. The molecule has 11 heteroatoms. The van der Waals surface area contributed by atoms with Crippen LogP contribution in [0.4, 0.5) is 14.6 Å². The second-order valence-electron chi connectivity index (χ2n) is 6.16. The Hall–Kier alpha value is -2.37. The van der Waals surface area contributed by atoms with E-state index >= 15 is 0 Å². The van der Waals surface area contributed by atoms with Gasteiger partial charge in [-0.05, 0) is 25.0 Å². The zero-order valence-corrected chi connectivity index (χ0v) is 16.9. The van der Waals surface area contributed by atoms with Crippen molar-refractivity contribution in [1.29, 1.82) is 5.41 Å². The number of ether oxygens (including phenoxy) is 1. The van der Waals surface area contributed by atoms with Crippen LogP contribution in [0.25, 0.3) is 17.5 Å². The summed E-state index contributed by atoms with van der Waals surface area (Å²) in [7, 11) is 0. The van der Waals surface area contributed by atoms with Crippen LogP contribution in [-0.4, -0.2) is 71.2 Å². The van der Waals surface area contributed by atoms with E-state index in [1.54, 1.807) is 12.5 Å². The number of aromatic nitrogens is 4. The molecule has 1 saturated heterocycles. The van der Waals surface area contributed by atoms with E-state index in [-0.39, 0.29) is 5.92 Å². The number of alkyl halides is 2. The van der Waals surface area contributed by atoms with E-state index in [2.05, 4.69) is 37.5 Å². The quantitative estimate of drug-likeness (QED) is 0.416. The first kappa shape index (κ1) is 22.9. The summed E-state index contributed by atoms with van der Waals surface area (Å²) in [6.07, 6.45) is 4.26. The van der Waals surface area contributed by atoms with Crippen LogP contribution in [0.2, 0.25) is 0 Å². The van der Waals surface area contributed by atoms with Crippen LogP contribution < -0.4 is 10.6 Å². The fraction of sp³-hybridized carbons (Fsp3) is 0.444. The van der Waals surface area contributed by atoms with E-state index in [1.165, 1.54) is 12.4 Å². The van der Waals surface area contributed by atoms with Gasteiger partial charge in [0.1, 0.15) is 18.0 Å². The lowest BCUT2D eigenvalue weighted by Crippen LogP contribution is -2.33. The van der Waals surface area contributed by atoms with Gasteiger partial charge in [0.25, 0.3) is 6.43 Å². The fourth-order valence-corrected chi connectivity index (χ4v) is 2.69. The number of anilines is 1. The molecule has 1 atom stereocenters. The highest BCUT2D eigenvalue weighted by molar-refractivity contribution is 7.79. The molecule has 2 aromatic heterocycles. The second kappa shape index (κ2) is 11.6. The van der Waals surface area contributed by atoms with Gasteiger partial charge in [-0.15, -0.1) is 0 Å². The molecule has 0 saturated carbocycles. The third-order valence-electron chi connectivity index (χ3n) is 4.17. The molecular weight excluding hydrogens is 400 g/mol. The predicted octanol–water partition coefficient (Wildman–Crippen LogP) is 2.12. The summed E-state index contributed by atoms with van der Waals surface area (Å²) in [6, 6.07) is 1.83. The first-order chi connectivity index (χ1) is 14.1. The molecule has 0 radical (unpaired) electrons. The monoisotopic (exact) mass is 425 g/mol. The van der Waals surface area contributed by atoms with Crippen molar-refractivity contribution in [2.45, 2.75) is 6.43 Å². The van der Waals surface area contributed by atoms with Gasteiger partial charge < -0.3 is 20.4 Å². The SMILES string of the molecule is CS.N=C(/C=C\c1ncc(-c2cc(N3CCOCC(CN)C3)ncn2)[nH]1)C(F)F. The number of thiol groups is 1. The maximum atomic E-state index is 12.4.